The molecular weight excluding hydrogens is 548 g/mol. The second-order valence-electron chi connectivity index (χ2n) is 11.9. The van der Waals surface area contributed by atoms with Crippen molar-refractivity contribution in [3.63, 3.8) is 0 Å². The maximum Gasteiger partial charge on any atom is 0.272 e. The van der Waals surface area contributed by atoms with Gasteiger partial charge in [0.15, 0.2) is 15.5 Å². The molecule has 0 radical (unpaired) electrons. The number of nitrogens with one attached hydrogen (secondary N) is 1. The second kappa shape index (κ2) is 9.15. The van der Waals surface area contributed by atoms with Gasteiger partial charge in [-0.3, -0.25) is 4.79 Å². The van der Waals surface area contributed by atoms with Gasteiger partial charge in [-0.15, -0.1) is 11.3 Å². The van der Waals surface area contributed by atoms with Gasteiger partial charge in [-0.05, 0) is 56.5 Å². The van der Waals surface area contributed by atoms with Crippen molar-refractivity contribution < 1.29 is 17.9 Å². The molecule has 8 nitrogen and oxygen atoms in total. The Labute approximate surface area is 227 Å². The summed E-state index contributed by atoms with van der Waals surface area (Å²) in [5, 5.41) is 8.64. The fourth-order valence-corrected chi connectivity index (χ4v) is 8.11. The van der Waals surface area contributed by atoms with Crippen molar-refractivity contribution in [1.29, 1.82) is 0 Å². The lowest BCUT2D eigenvalue weighted by Gasteiger charge is -2.69. The average Bonchev–Trinajstić information content (AvgIpc) is 3.34. The molecule has 0 saturated heterocycles. The van der Waals surface area contributed by atoms with Crippen LogP contribution in [0.3, 0.4) is 0 Å². The van der Waals surface area contributed by atoms with E-state index in [0.717, 1.165) is 40.5 Å². The van der Waals surface area contributed by atoms with Crippen LogP contribution in [-0.4, -0.2) is 55.6 Å². The molecule has 1 N–H and O–H groups in total. The van der Waals surface area contributed by atoms with Crippen LogP contribution in [0, 0.1) is 0 Å². The van der Waals surface area contributed by atoms with Crippen LogP contribution in [0.2, 0.25) is 30.7 Å². The highest BCUT2D eigenvalue weighted by molar-refractivity contribution is 7.90. The van der Waals surface area contributed by atoms with E-state index in [2.05, 4.69) is 30.1 Å². The van der Waals surface area contributed by atoms with E-state index in [1.165, 1.54) is 10.9 Å². The molecule has 2 aromatic heterocycles. The Kier molecular flexibility index (Phi) is 6.63. The summed E-state index contributed by atoms with van der Waals surface area (Å²) >= 11 is 7.81. The fraction of sp³-hybridized carbons (Fsp3) is 0.560. The van der Waals surface area contributed by atoms with E-state index in [9.17, 15) is 13.2 Å². The highest BCUT2D eigenvalue weighted by Crippen LogP contribution is 2.68. The lowest BCUT2D eigenvalue weighted by molar-refractivity contribution is -0.0808. The summed E-state index contributed by atoms with van der Waals surface area (Å²) in [5.74, 6) is -0.285. The van der Waals surface area contributed by atoms with Crippen molar-refractivity contribution in [3.05, 3.63) is 45.7 Å². The molecule has 200 valence electrons. The number of aromatic nitrogens is 3. The lowest BCUT2D eigenvalue weighted by Crippen LogP contribution is -2.76. The van der Waals surface area contributed by atoms with E-state index >= 15 is 0 Å². The van der Waals surface area contributed by atoms with Crippen LogP contribution >= 0.6 is 22.9 Å². The van der Waals surface area contributed by atoms with Crippen LogP contribution in [-0.2, 0) is 26.7 Å². The molecule has 1 unspecified atom stereocenters. The van der Waals surface area contributed by atoms with E-state index in [-0.39, 0.29) is 29.3 Å². The van der Waals surface area contributed by atoms with E-state index in [1.54, 1.807) is 24.3 Å². The molecule has 12 heteroatoms. The third-order valence-corrected chi connectivity index (χ3v) is 12.3. The highest BCUT2D eigenvalue weighted by atomic mass is 35.5. The van der Waals surface area contributed by atoms with Crippen molar-refractivity contribution in [2.75, 3.05) is 12.9 Å². The summed E-state index contributed by atoms with van der Waals surface area (Å²) in [6.07, 6.45) is 3.71. The van der Waals surface area contributed by atoms with Gasteiger partial charge in [-0.2, -0.15) is 5.10 Å². The molecule has 1 amide bonds. The number of nitrogens with zero attached hydrogens (tertiary/aromatic N) is 3. The molecule has 3 fully saturated rings. The Morgan fingerprint density at radius 3 is 2.62 bits per heavy atom. The molecule has 3 aromatic rings. The maximum atomic E-state index is 13.2. The second-order valence-corrected chi connectivity index (χ2v) is 21.4. The van der Waals surface area contributed by atoms with Crippen molar-refractivity contribution in [2.24, 2.45) is 0 Å². The summed E-state index contributed by atoms with van der Waals surface area (Å²) in [4.78, 5) is 18.0. The molecule has 0 aliphatic heterocycles. The zero-order valence-corrected chi connectivity index (χ0v) is 25.2. The number of hydrogen-bond donors (Lipinski definition) is 1. The van der Waals surface area contributed by atoms with Gasteiger partial charge in [-0.25, -0.2) is 18.1 Å². The number of carbonyl (C=O) groups is 1. The first kappa shape index (κ1) is 26.8. The number of hydrogen-bond acceptors (Lipinski definition) is 7. The van der Waals surface area contributed by atoms with Gasteiger partial charge >= 0.3 is 0 Å². The predicted molar refractivity (Wildman–Crippen MR) is 150 cm³/mol. The van der Waals surface area contributed by atoms with Gasteiger partial charge in [-0.1, -0.05) is 31.2 Å². The molecule has 3 aliphatic carbocycles. The first-order chi connectivity index (χ1) is 17.2. The average molecular weight is 581 g/mol. The normalized spacial score (nSPS) is 23.9. The van der Waals surface area contributed by atoms with Gasteiger partial charge in [0, 0.05) is 36.9 Å². The summed E-state index contributed by atoms with van der Waals surface area (Å²) in [5.41, 5.74) is 1.39. The van der Waals surface area contributed by atoms with Crippen LogP contribution in [0.15, 0.2) is 24.3 Å². The zero-order valence-electron chi connectivity index (χ0n) is 21.8. The van der Waals surface area contributed by atoms with E-state index in [0.29, 0.717) is 17.3 Å². The highest BCUT2D eigenvalue weighted by Gasteiger charge is 2.70. The van der Waals surface area contributed by atoms with E-state index in [4.69, 9.17) is 21.3 Å². The molecule has 6 rings (SSSR count). The van der Waals surface area contributed by atoms with Crippen LogP contribution in [0.25, 0.3) is 10.2 Å². The van der Waals surface area contributed by atoms with Gasteiger partial charge in [0.2, 0.25) is 0 Å². The summed E-state index contributed by atoms with van der Waals surface area (Å²) in [6, 6.07) is 8.32. The third-order valence-electron chi connectivity index (χ3n) is 7.53. The molecule has 1 aromatic carbocycles. The maximum absolute atomic E-state index is 13.2. The van der Waals surface area contributed by atoms with Crippen molar-refractivity contribution in [3.8, 4) is 0 Å². The zero-order chi connectivity index (χ0) is 26.8. The molecule has 0 spiro atoms. The molecule has 2 bridgehead atoms. The smallest absolute Gasteiger partial charge is 0.272 e. The van der Waals surface area contributed by atoms with Crippen molar-refractivity contribution in [2.45, 2.75) is 74.8 Å². The Balaban J connectivity index is 1.27. The molecule has 1 atom stereocenters. The van der Waals surface area contributed by atoms with E-state index < -0.39 is 23.2 Å². The minimum atomic E-state index is -3.37. The van der Waals surface area contributed by atoms with Crippen LogP contribution in [0.1, 0.15) is 52.6 Å². The predicted octanol–water partition coefficient (Wildman–Crippen LogP) is 5.17. The minimum Gasteiger partial charge on any atom is -0.360 e. The number of ether oxygens (including phenoxy) is 1. The van der Waals surface area contributed by atoms with Gasteiger partial charge in [0.1, 0.15) is 17.0 Å². The Morgan fingerprint density at radius 2 is 1.97 bits per heavy atom. The van der Waals surface area contributed by atoms with E-state index in [1.807, 2.05) is 18.2 Å². The number of halogens is 1. The number of benzene rings is 1. The molecular formula is C25H33ClN4O4S2Si. The number of fused-ring (bicyclic) bond motifs is 1. The largest absolute Gasteiger partial charge is 0.360 e. The fourth-order valence-electron chi connectivity index (χ4n) is 5.30. The number of rotatable bonds is 10. The number of thiazole rings is 1. The topological polar surface area (TPSA) is 103 Å². The molecule has 2 heterocycles. The van der Waals surface area contributed by atoms with Gasteiger partial charge < -0.3 is 10.1 Å². The Hall–Kier alpha value is -1.79. The minimum absolute atomic E-state index is 0.0168. The first-order valence-corrected chi connectivity index (χ1v) is 19.3. The number of sulfone groups is 1. The number of carbonyl (C=O) groups excluding carboxylic acids is 1. The van der Waals surface area contributed by atoms with Crippen LogP contribution < -0.4 is 5.32 Å². The molecule has 3 aliphatic rings. The number of amides is 1. The third kappa shape index (κ3) is 5.25. The Bertz CT molecular complexity index is 1460. The summed E-state index contributed by atoms with van der Waals surface area (Å²) < 4.78 is 33.0. The standard InChI is InChI=1S/C25H33ClN4O4S2Si/c1-16(36(2,32)33)20-11-19(29-30(20)15-34-8-9-37(3,4)5)22(31)28-25-12-24(13-25,14-25)23-27-18-7-6-17(26)10-21(18)35-23/h6-7,10-11,16H,8-9,12-15H2,1-5H3,(H,28,31). The van der Waals surface area contributed by atoms with Crippen molar-refractivity contribution >= 4 is 57.0 Å². The monoisotopic (exact) mass is 580 g/mol. The van der Waals surface area contributed by atoms with Crippen LogP contribution in [0.5, 0.6) is 0 Å². The molecule has 37 heavy (non-hydrogen) atoms. The summed E-state index contributed by atoms with van der Waals surface area (Å²) in [6.45, 7) is 9.11. The van der Waals surface area contributed by atoms with Gasteiger partial charge in [0.25, 0.3) is 5.91 Å². The first-order valence-electron chi connectivity index (χ1n) is 12.4. The molecule has 3 saturated carbocycles. The lowest BCUT2D eigenvalue weighted by atomic mass is 9.39. The Morgan fingerprint density at radius 1 is 1.27 bits per heavy atom. The van der Waals surface area contributed by atoms with Crippen LogP contribution in [0.4, 0.5) is 0 Å². The van der Waals surface area contributed by atoms with Gasteiger partial charge in [0.05, 0.1) is 15.9 Å². The quantitative estimate of drug-likeness (QED) is 0.262. The SMILES string of the molecule is CC(c1cc(C(=O)NC23CC(c4nc5ccc(Cl)cc5s4)(C2)C3)nn1COCC[Si](C)(C)C)S(C)(=O)=O. The van der Waals surface area contributed by atoms with Crippen molar-refractivity contribution in [1.82, 2.24) is 20.1 Å². The summed E-state index contributed by atoms with van der Waals surface area (Å²) in [7, 11) is -4.63.